The Kier molecular flexibility index (Phi) is 10.8. The van der Waals surface area contributed by atoms with Gasteiger partial charge in [0.25, 0.3) is 0 Å². The first-order valence-electron chi connectivity index (χ1n) is 14.4. The van der Waals surface area contributed by atoms with Crippen LogP contribution in [0.5, 0.6) is 5.75 Å². The van der Waals surface area contributed by atoms with Gasteiger partial charge in [-0.1, -0.05) is 31.9 Å². The number of nitrogens with one attached hydrogen (secondary N) is 3. The van der Waals surface area contributed by atoms with E-state index in [9.17, 15) is 14.4 Å². The van der Waals surface area contributed by atoms with Crippen LogP contribution in [0.1, 0.15) is 63.9 Å². The molecule has 1 saturated carbocycles. The molecule has 0 spiro atoms. The number of ether oxygens (including phenoxy) is 2. The molecule has 3 amide bonds. The first-order chi connectivity index (χ1) is 18.5. The van der Waals surface area contributed by atoms with E-state index < -0.39 is 12.1 Å². The van der Waals surface area contributed by atoms with Crippen molar-refractivity contribution >= 4 is 17.7 Å². The topological polar surface area (TPSA) is 109 Å². The Morgan fingerprint density at radius 2 is 1.76 bits per heavy atom. The standard InChI is InChI=1S/C29H44N4O5/c1-21-19-22-7-6-10-24(20-22)38-16-5-4-11-25(28(35)30-23-8-2-3-9-23)32-29(36)26(31-27(21)34)12-13-33-14-17-37-18-15-33/h6-7,10,20-21,23,25-26H,2-5,8-9,11-19H2,1H3,(H,30,35)(H,31,34)(H,32,36)/t21?,25-,26-/m0/s1. The number of hydrogen-bond donors (Lipinski definition) is 3. The number of carbonyl (C=O) groups excluding carboxylic acids is 3. The Morgan fingerprint density at radius 3 is 2.55 bits per heavy atom. The third-order valence-corrected chi connectivity index (χ3v) is 7.85. The summed E-state index contributed by atoms with van der Waals surface area (Å²) in [5.41, 5.74) is 1.02. The van der Waals surface area contributed by atoms with Crippen LogP contribution >= 0.6 is 0 Å². The lowest BCUT2D eigenvalue weighted by Gasteiger charge is -2.29. The molecule has 2 aliphatic heterocycles. The minimum atomic E-state index is -0.711. The van der Waals surface area contributed by atoms with Crippen molar-refractivity contribution in [3.63, 3.8) is 0 Å². The predicted molar refractivity (Wildman–Crippen MR) is 145 cm³/mol. The average Bonchev–Trinajstić information content (AvgIpc) is 3.43. The van der Waals surface area contributed by atoms with Gasteiger partial charge in [0.05, 0.1) is 19.8 Å². The molecule has 210 valence electrons. The second-order valence-electron chi connectivity index (χ2n) is 11.0. The quantitative estimate of drug-likeness (QED) is 0.541. The molecule has 3 aliphatic rings. The Labute approximate surface area is 226 Å². The van der Waals surface area contributed by atoms with Crippen molar-refractivity contribution < 1.29 is 23.9 Å². The molecule has 9 nitrogen and oxygen atoms in total. The molecule has 2 heterocycles. The summed E-state index contributed by atoms with van der Waals surface area (Å²) in [6, 6.07) is 6.67. The van der Waals surface area contributed by atoms with E-state index in [0.717, 1.165) is 62.9 Å². The summed E-state index contributed by atoms with van der Waals surface area (Å²) in [6.07, 6.45) is 7.27. The van der Waals surface area contributed by atoms with Gasteiger partial charge in [-0.25, -0.2) is 0 Å². The Balaban J connectivity index is 1.49. The summed E-state index contributed by atoms with van der Waals surface area (Å²) in [5, 5.41) is 9.15. The molecule has 1 aromatic carbocycles. The van der Waals surface area contributed by atoms with Crippen LogP contribution in [0.25, 0.3) is 0 Å². The fourth-order valence-electron chi connectivity index (χ4n) is 5.48. The molecule has 3 atom stereocenters. The fourth-order valence-corrected chi connectivity index (χ4v) is 5.48. The van der Waals surface area contributed by atoms with Crippen LogP contribution in [-0.4, -0.2) is 80.2 Å². The molecule has 2 fully saturated rings. The molecule has 0 aromatic heterocycles. The minimum absolute atomic E-state index is 0.133. The Morgan fingerprint density at radius 1 is 1.00 bits per heavy atom. The highest BCUT2D eigenvalue weighted by atomic mass is 16.5. The first-order valence-corrected chi connectivity index (χ1v) is 14.4. The van der Waals surface area contributed by atoms with Crippen LogP contribution in [0.4, 0.5) is 0 Å². The number of hydrogen-bond acceptors (Lipinski definition) is 6. The van der Waals surface area contributed by atoms with Crippen molar-refractivity contribution in [3.8, 4) is 5.75 Å². The third kappa shape index (κ3) is 8.70. The van der Waals surface area contributed by atoms with E-state index in [1.165, 1.54) is 0 Å². The maximum absolute atomic E-state index is 13.6. The van der Waals surface area contributed by atoms with Gasteiger partial charge in [0, 0.05) is 31.6 Å². The van der Waals surface area contributed by atoms with Crippen LogP contribution in [0, 0.1) is 5.92 Å². The van der Waals surface area contributed by atoms with Crippen molar-refractivity contribution in [1.29, 1.82) is 0 Å². The zero-order chi connectivity index (χ0) is 26.7. The van der Waals surface area contributed by atoms with E-state index in [0.29, 0.717) is 45.6 Å². The van der Waals surface area contributed by atoms with Crippen molar-refractivity contribution in [2.45, 2.75) is 82.8 Å². The summed E-state index contributed by atoms with van der Waals surface area (Å²) in [5.74, 6) is -0.132. The van der Waals surface area contributed by atoms with Gasteiger partial charge in [-0.3, -0.25) is 19.3 Å². The van der Waals surface area contributed by atoms with Gasteiger partial charge in [-0.15, -0.1) is 0 Å². The molecule has 0 radical (unpaired) electrons. The molecule has 9 heteroatoms. The normalized spacial score (nSPS) is 26.7. The van der Waals surface area contributed by atoms with Gasteiger partial charge >= 0.3 is 0 Å². The van der Waals surface area contributed by atoms with E-state index >= 15 is 0 Å². The minimum Gasteiger partial charge on any atom is -0.494 e. The highest BCUT2D eigenvalue weighted by Gasteiger charge is 2.30. The highest BCUT2D eigenvalue weighted by molar-refractivity contribution is 5.92. The summed E-state index contributed by atoms with van der Waals surface area (Å²) in [6.45, 7) is 6.05. The van der Waals surface area contributed by atoms with Crippen molar-refractivity contribution in [2.24, 2.45) is 5.92 Å². The van der Waals surface area contributed by atoms with Crippen LogP contribution in [0.3, 0.4) is 0 Å². The van der Waals surface area contributed by atoms with Crippen LogP contribution < -0.4 is 20.7 Å². The van der Waals surface area contributed by atoms with Crippen molar-refractivity contribution in [2.75, 3.05) is 39.5 Å². The number of morpholine rings is 1. The van der Waals surface area contributed by atoms with E-state index in [4.69, 9.17) is 9.47 Å². The average molecular weight is 529 g/mol. The monoisotopic (exact) mass is 528 g/mol. The largest absolute Gasteiger partial charge is 0.494 e. The van der Waals surface area contributed by atoms with E-state index in [-0.39, 0.29) is 29.7 Å². The third-order valence-electron chi connectivity index (χ3n) is 7.85. The summed E-state index contributed by atoms with van der Waals surface area (Å²) in [4.78, 5) is 42.2. The predicted octanol–water partition coefficient (Wildman–Crippen LogP) is 2.18. The van der Waals surface area contributed by atoms with Gasteiger partial charge in [0.2, 0.25) is 17.7 Å². The van der Waals surface area contributed by atoms with Crippen LogP contribution in [0.2, 0.25) is 0 Å². The van der Waals surface area contributed by atoms with Crippen molar-refractivity contribution in [3.05, 3.63) is 29.8 Å². The number of carbonyl (C=O) groups is 3. The molecule has 1 aromatic rings. The fraction of sp³-hybridized carbons (Fsp3) is 0.690. The van der Waals surface area contributed by atoms with Crippen molar-refractivity contribution in [1.82, 2.24) is 20.9 Å². The maximum atomic E-state index is 13.6. The van der Waals surface area contributed by atoms with E-state index in [1.54, 1.807) is 0 Å². The number of amides is 3. The molecular formula is C29H44N4O5. The first kappa shape index (κ1) is 28.4. The Bertz CT molecular complexity index is 929. The van der Waals surface area contributed by atoms with Gasteiger partial charge in [-0.2, -0.15) is 0 Å². The van der Waals surface area contributed by atoms with Gasteiger partial charge < -0.3 is 25.4 Å². The number of fused-ring (bicyclic) bond motifs is 2. The van der Waals surface area contributed by atoms with Gasteiger partial charge in [-0.05, 0) is 62.6 Å². The number of rotatable bonds is 5. The van der Waals surface area contributed by atoms with Crippen LogP contribution in [-0.2, 0) is 25.5 Å². The summed E-state index contributed by atoms with van der Waals surface area (Å²) in [7, 11) is 0. The lowest BCUT2D eigenvalue weighted by atomic mass is 9.99. The SMILES string of the molecule is CC1Cc2cccc(c2)OCCCC[C@@H](C(=O)NC2CCCC2)NC(=O)[C@H](CCN2CCOCC2)NC1=O. The summed E-state index contributed by atoms with van der Waals surface area (Å²) >= 11 is 0. The smallest absolute Gasteiger partial charge is 0.243 e. The second kappa shape index (κ2) is 14.5. The lowest BCUT2D eigenvalue weighted by Crippen LogP contribution is -2.56. The zero-order valence-electron chi connectivity index (χ0n) is 22.7. The Hall–Kier alpha value is -2.65. The molecule has 2 bridgehead atoms. The second-order valence-corrected chi connectivity index (χ2v) is 11.0. The maximum Gasteiger partial charge on any atom is 0.243 e. The zero-order valence-corrected chi connectivity index (χ0v) is 22.7. The summed E-state index contributed by atoms with van der Waals surface area (Å²) < 4.78 is 11.4. The van der Waals surface area contributed by atoms with Gasteiger partial charge in [0.1, 0.15) is 17.8 Å². The number of nitrogens with zero attached hydrogens (tertiary/aromatic N) is 1. The number of benzene rings is 1. The molecule has 38 heavy (non-hydrogen) atoms. The molecule has 4 rings (SSSR count). The van der Waals surface area contributed by atoms with Crippen LogP contribution in [0.15, 0.2) is 24.3 Å². The van der Waals surface area contributed by atoms with E-state index in [1.807, 2.05) is 31.2 Å². The highest BCUT2D eigenvalue weighted by Crippen LogP contribution is 2.19. The van der Waals surface area contributed by atoms with E-state index in [2.05, 4.69) is 20.9 Å². The lowest BCUT2D eigenvalue weighted by molar-refractivity contribution is -0.133. The molecule has 3 N–H and O–H groups in total. The molecule has 1 saturated heterocycles. The van der Waals surface area contributed by atoms with Gasteiger partial charge in [0.15, 0.2) is 0 Å². The molecule has 1 aliphatic carbocycles. The molecule has 1 unspecified atom stereocenters. The molecular weight excluding hydrogens is 484 g/mol.